The van der Waals surface area contributed by atoms with Gasteiger partial charge in [-0.1, -0.05) is 31.2 Å². The van der Waals surface area contributed by atoms with Crippen LogP contribution in [-0.2, 0) is 13.0 Å². The standard InChI is InChI=1S/C22H20N4O/c1-2-16-5-7-17(8-6-16)14-24-22(27)18-9-11-19(12-10-18)26-15-25-20-4-3-13-23-21(20)26/h3-13,15H,2,14H2,1H3,(H,24,27). The number of benzene rings is 2. The molecule has 0 aliphatic rings. The van der Waals surface area contributed by atoms with E-state index in [1.807, 2.05) is 41.0 Å². The minimum Gasteiger partial charge on any atom is -0.348 e. The lowest BCUT2D eigenvalue weighted by Crippen LogP contribution is -2.22. The summed E-state index contributed by atoms with van der Waals surface area (Å²) >= 11 is 0. The van der Waals surface area contributed by atoms with Crippen molar-refractivity contribution in [1.29, 1.82) is 0 Å². The second-order valence-corrected chi connectivity index (χ2v) is 6.36. The van der Waals surface area contributed by atoms with Crippen LogP contribution >= 0.6 is 0 Å². The summed E-state index contributed by atoms with van der Waals surface area (Å²) in [6.45, 7) is 2.64. The molecule has 0 atom stereocenters. The normalized spacial score (nSPS) is 10.9. The molecule has 4 rings (SSSR count). The number of aromatic nitrogens is 3. The number of imidazole rings is 1. The third-order valence-electron chi connectivity index (χ3n) is 4.60. The number of fused-ring (bicyclic) bond motifs is 1. The number of rotatable bonds is 5. The summed E-state index contributed by atoms with van der Waals surface area (Å²) in [5, 5.41) is 2.97. The minimum atomic E-state index is -0.0882. The van der Waals surface area contributed by atoms with Crippen molar-refractivity contribution in [3.63, 3.8) is 0 Å². The van der Waals surface area contributed by atoms with Gasteiger partial charge in [-0.15, -0.1) is 0 Å². The minimum absolute atomic E-state index is 0.0882. The lowest BCUT2D eigenvalue weighted by molar-refractivity contribution is 0.0951. The van der Waals surface area contributed by atoms with E-state index in [9.17, 15) is 4.79 Å². The highest BCUT2D eigenvalue weighted by molar-refractivity contribution is 5.94. The Hall–Kier alpha value is -3.47. The van der Waals surface area contributed by atoms with Crippen molar-refractivity contribution >= 4 is 17.1 Å². The molecule has 0 aliphatic heterocycles. The monoisotopic (exact) mass is 356 g/mol. The number of amides is 1. The molecule has 5 heteroatoms. The Kier molecular flexibility index (Phi) is 4.66. The number of aryl methyl sites for hydroxylation is 1. The Labute approximate surface area is 157 Å². The van der Waals surface area contributed by atoms with E-state index in [0.29, 0.717) is 12.1 Å². The van der Waals surface area contributed by atoms with Crippen LogP contribution < -0.4 is 5.32 Å². The summed E-state index contributed by atoms with van der Waals surface area (Å²) in [5.41, 5.74) is 5.57. The van der Waals surface area contributed by atoms with E-state index in [-0.39, 0.29) is 5.91 Å². The van der Waals surface area contributed by atoms with Gasteiger partial charge in [0.2, 0.25) is 0 Å². The van der Waals surface area contributed by atoms with Gasteiger partial charge in [-0.2, -0.15) is 0 Å². The van der Waals surface area contributed by atoms with Crippen LogP contribution in [-0.4, -0.2) is 20.4 Å². The highest BCUT2D eigenvalue weighted by Crippen LogP contribution is 2.16. The first-order valence-corrected chi connectivity index (χ1v) is 8.99. The van der Waals surface area contributed by atoms with E-state index >= 15 is 0 Å². The van der Waals surface area contributed by atoms with Crippen molar-refractivity contribution in [2.24, 2.45) is 0 Å². The molecule has 0 spiro atoms. The van der Waals surface area contributed by atoms with Crippen LogP contribution in [0.4, 0.5) is 0 Å². The Bertz CT molecular complexity index is 1070. The number of nitrogens with zero attached hydrogens (tertiary/aromatic N) is 3. The molecular formula is C22H20N4O. The molecule has 4 aromatic rings. The van der Waals surface area contributed by atoms with Gasteiger partial charge in [-0.3, -0.25) is 9.36 Å². The zero-order chi connectivity index (χ0) is 18.6. The molecular weight excluding hydrogens is 336 g/mol. The van der Waals surface area contributed by atoms with Crippen LogP contribution in [0.1, 0.15) is 28.4 Å². The van der Waals surface area contributed by atoms with Crippen LogP contribution in [0.15, 0.2) is 73.2 Å². The van der Waals surface area contributed by atoms with Gasteiger partial charge in [0.25, 0.3) is 5.91 Å². The van der Waals surface area contributed by atoms with Crippen molar-refractivity contribution in [2.75, 3.05) is 0 Å². The second-order valence-electron chi connectivity index (χ2n) is 6.36. The third kappa shape index (κ3) is 3.58. The van der Waals surface area contributed by atoms with E-state index in [2.05, 4.69) is 46.5 Å². The smallest absolute Gasteiger partial charge is 0.251 e. The summed E-state index contributed by atoms with van der Waals surface area (Å²) in [6, 6.07) is 19.5. The third-order valence-corrected chi connectivity index (χ3v) is 4.60. The summed E-state index contributed by atoms with van der Waals surface area (Å²) in [7, 11) is 0. The van der Waals surface area contributed by atoms with E-state index in [1.165, 1.54) is 5.56 Å². The summed E-state index contributed by atoms with van der Waals surface area (Å²) in [4.78, 5) is 21.1. The van der Waals surface area contributed by atoms with Gasteiger partial charge in [0.1, 0.15) is 11.8 Å². The van der Waals surface area contributed by atoms with Crippen LogP contribution in [0.25, 0.3) is 16.9 Å². The quantitative estimate of drug-likeness (QED) is 0.590. The maximum Gasteiger partial charge on any atom is 0.251 e. The van der Waals surface area contributed by atoms with Gasteiger partial charge in [0.15, 0.2) is 5.65 Å². The number of nitrogens with one attached hydrogen (secondary N) is 1. The van der Waals surface area contributed by atoms with Crippen LogP contribution in [0.5, 0.6) is 0 Å². The lowest BCUT2D eigenvalue weighted by atomic mass is 10.1. The van der Waals surface area contributed by atoms with E-state index < -0.39 is 0 Å². The molecule has 2 heterocycles. The van der Waals surface area contributed by atoms with Crippen LogP contribution in [0.2, 0.25) is 0 Å². The molecule has 1 N–H and O–H groups in total. The van der Waals surface area contributed by atoms with E-state index in [1.54, 1.807) is 12.5 Å². The zero-order valence-electron chi connectivity index (χ0n) is 15.1. The van der Waals surface area contributed by atoms with Gasteiger partial charge >= 0.3 is 0 Å². The highest BCUT2D eigenvalue weighted by atomic mass is 16.1. The number of carbonyl (C=O) groups is 1. The fourth-order valence-corrected chi connectivity index (χ4v) is 2.99. The van der Waals surface area contributed by atoms with Crippen molar-refractivity contribution in [3.05, 3.63) is 89.9 Å². The lowest BCUT2D eigenvalue weighted by Gasteiger charge is -2.08. The molecule has 5 nitrogen and oxygen atoms in total. The predicted molar refractivity (Wildman–Crippen MR) is 106 cm³/mol. The van der Waals surface area contributed by atoms with E-state index in [4.69, 9.17) is 0 Å². The SMILES string of the molecule is CCc1ccc(CNC(=O)c2ccc(-n3cnc4cccnc43)cc2)cc1. The van der Waals surface area contributed by atoms with Crippen molar-refractivity contribution in [2.45, 2.75) is 19.9 Å². The fraction of sp³-hybridized carbons (Fsp3) is 0.136. The largest absolute Gasteiger partial charge is 0.348 e. The molecule has 0 aliphatic carbocycles. The van der Waals surface area contributed by atoms with E-state index in [0.717, 1.165) is 28.8 Å². The first kappa shape index (κ1) is 17.0. The number of hydrogen-bond donors (Lipinski definition) is 1. The molecule has 0 fully saturated rings. The predicted octanol–water partition coefficient (Wildman–Crippen LogP) is 3.91. The number of pyridine rings is 1. The van der Waals surface area contributed by atoms with Crippen LogP contribution in [0, 0.1) is 0 Å². The molecule has 2 aromatic carbocycles. The van der Waals surface area contributed by atoms with Gasteiger partial charge in [-0.25, -0.2) is 9.97 Å². The molecule has 0 radical (unpaired) electrons. The Morgan fingerprint density at radius 2 is 1.70 bits per heavy atom. The van der Waals surface area contributed by atoms with Gasteiger partial charge in [0, 0.05) is 24.0 Å². The summed E-state index contributed by atoms with van der Waals surface area (Å²) < 4.78 is 1.91. The van der Waals surface area contributed by atoms with Gasteiger partial charge in [0.05, 0.1) is 0 Å². The Morgan fingerprint density at radius 3 is 2.44 bits per heavy atom. The Balaban J connectivity index is 1.45. The van der Waals surface area contributed by atoms with Crippen molar-refractivity contribution < 1.29 is 4.79 Å². The molecule has 2 aromatic heterocycles. The molecule has 0 saturated heterocycles. The molecule has 27 heavy (non-hydrogen) atoms. The maximum atomic E-state index is 12.4. The average Bonchev–Trinajstić information content (AvgIpc) is 3.16. The zero-order valence-corrected chi connectivity index (χ0v) is 15.1. The topological polar surface area (TPSA) is 59.8 Å². The number of hydrogen-bond acceptors (Lipinski definition) is 3. The summed E-state index contributed by atoms with van der Waals surface area (Å²) in [5.74, 6) is -0.0882. The molecule has 134 valence electrons. The Morgan fingerprint density at radius 1 is 0.963 bits per heavy atom. The van der Waals surface area contributed by atoms with Gasteiger partial charge in [-0.05, 0) is 53.9 Å². The first-order valence-electron chi connectivity index (χ1n) is 8.99. The highest BCUT2D eigenvalue weighted by Gasteiger charge is 2.08. The second kappa shape index (κ2) is 7.41. The molecule has 0 bridgehead atoms. The molecule has 0 unspecified atom stereocenters. The van der Waals surface area contributed by atoms with Crippen molar-refractivity contribution in [1.82, 2.24) is 19.9 Å². The molecule has 1 amide bonds. The maximum absolute atomic E-state index is 12.4. The van der Waals surface area contributed by atoms with Crippen molar-refractivity contribution in [3.8, 4) is 5.69 Å². The first-order chi connectivity index (χ1) is 13.2. The van der Waals surface area contributed by atoms with Gasteiger partial charge < -0.3 is 5.32 Å². The average molecular weight is 356 g/mol. The fourth-order valence-electron chi connectivity index (χ4n) is 2.99. The summed E-state index contributed by atoms with van der Waals surface area (Å²) in [6.07, 6.45) is 4.50. The van der Waals surface area contributed by atoms with Crippen LogP contribution in [0.3, 0.4) is 0 Å². The molecule has 0 saturated carbocycles. The number of carbonyl (C=O) groups excluding carboxylic acids is 1.